The summed E-state index contributed by atoms with van der Waals surface area (Å²) in [5.41, 5.74) is 0.857. The topological polar surface area (TPSA) is 73.2 Å². The number of benzene rings is 1. The Hall–Kier alpha value is -2.35. The van der Waals surface area contributed by atoms with Gasteiger partial charge in [0.2, 0.25) is 0 Å². The second-order valence-corrected chi connectivity index (χ2v) is 5.73. The molecule has 0 saturated carbocycles. The number of carbonyl (C=O) groups is 2. The van der Waals surface area contributed by atoms with Crippen molar-refractivity contribution in [1.82, 2.24) is 4.90 Å². The molecule has 0 atom stereocenters. The highest BCUT2D eigenvalue weighted by Gasteiger charge is 2.31. The first-order valence-corrected chi connectivity index (χ1v) is 7.02. The van der Waals surface area contributed by atoms with Gasteiger partial charge in [0.05, 0.1) is 11.5 Å². The van der Waals surface area contributed by atoms with Gasteiger partial charge < -0.3 is 10.2 Å². The zero-order chi connectivity index (χ0) is 15.5. The Morgan fingerprint density at radius 1 is 1.33 bits per heavy atom. The Bertz CT molecular complexity index is 596. The van der Waals surface area contributed by atoms with Crippen LogP contribution in [0.2, 0.25) is 0 Å². The highest BCUT2D eigenvalue weighted by Crippen LogP contribution is 2.29. The number of hydrogen-bond donors (Lipinski definition) is 1. The van der Waals surface area contributed by atoms with Crippen molar-refractivity contribution < 1.29 is 9.59 Å². The van der Waals surface area contributed by atoms with Crippen LogP contribution in [0.1, 0.15) is 37.0 Å². The molecule has 1 aliphatic rings. The number of nitriles is 1. The molecule has 0 unspecified atom stereocenters. The number of nitrogens with zero attached hydrogens (tertiary/aromatic N) is 2. The summed E-state index contributed by atoms with van der Waals surface area (Å²) >= 11 is 0. The SMILES string of the molecule is CC(=O)c1cccc(NC(=O)N2CCC(C)(C#N)CC2)c1. The van der Waals surface area contributed by atoms with Crippen molar-refractivity contribution in [1.29, 1.82) is 5.26 Å². The number of amides is 2. The van der Waals surface area contributed by atoms with Gasteiger partial charge in [-0.3, -0.25) is 4.79 Å². The van der Waals surface area contributed by atoms with Gasteiger partial charge in [0.25, 0.3) is 0 Å². The summed E-state index contributed by atoms with van der Waals surface area (Å²) in [5, 5.41) is 11.9. The molecule has 5 heteroatoms. The molecule has 1 aromatic carbocycles. The molecule has 1 fully saturated rings. The van der Waals surface area contributed by atoms with E-state index in [4.69, 9.17) is 5.26 Å². The molecule has 1 N–H and O–H groups in total. The Labute approximate surface area is 124 Å². The van der Waals surface area contributed by atoms with Gasteiger partial charge in [-0.1, -0.05) is 12.1 Å². The molecule has 0 bridgehead atoms. The first-order valence-electron chi connectivity index (χ1n) is 7.02. The number of likely N-dealkylation sites (tertiary alicyclic amines) is 1. The summed E-state index contributed by atoms with van der Waals surface area (Å²) in [5.74, 6) is -0.0335. The van der Waals surface area contributed by atoms with Crippen LogP contribution < -0.4 is 5.32 Å². The molecule has 0 spiro atoms. The van der Waals surface area contributed by atoms with Crippen molar-refractivity contribution in [3.63, 3.8) is 0 Å². The van der Waals surface area contributed by atoms with Gasteiger partial charge >= 0.3 is 6.03 Å². The van der Waals surface area contributed by atoms with Gasteiger partial charge in [0.1, 0.15) is 0 Å². The maximum absolute atomic E-state index is 12.2. The number of rotatable bonds is 2. The minimum absolute atomic E-state index is 0.0335. The number of anilines is 1. The van der Waals surface area contributed by atoms with Gasteiger partial charge in [0, 0.05) is 24.3 Å². The Balaban J connectivity index is 1.98. The predicted molar refractivity (Wildman–Crippen MR) is 80.0 cm³/mol. The summed E-state index contributed by atoms with van der Waals surface area (Å²) < 4.78 is 0. The zero-order valence-corrected chi connectivity index (χ0v) is 12.3. The third kappa shape index (κ3) is 3.60. The van der Waals surface area contributed by atoms with E-state index >= 15 is 0 Å². The number of hydrogen-bond acceptors (Lipinski definition) is 3. The molecule has 2 amide bonds. The Morgan fingerprint density at radius 2 is 2.00 bits per heavy atom. The van der Waals surface area contributed by atoms with E-state index in [9.17, 15) is 9.59 Å². The maximum atomic E-state index is 12.2. The van der Waals surface area contributed by atoms with E-state index < -0.39 is 0 Å². The monoisotopic (exact) mass is 285 g/mol. The number of urea groups is 1. The first kappa shape index (κ1) is 15.0. The van der Waals surface area contributed by atoms with Crippen LogP contribution in [0, 0.1) is 16.7 Å². The van der Waals surface area contributed by atoms with E-state index in [1.807, 2.05) is 6.92 Å². The van der Waals surface area contributed by atoms with Crippen molar-refractivity contribution in [2.75, 3.05) is 18.4 Å². The second kappa shape index (κ2) is 5.96. The summed E-state index contributed by atoms with van der Waals surface area (Å²) in [6, 6.07) is 9.02. The smallest absolute Gasteiger partial charge is 0.321 e. The van der Waals surface area contributed by atoms with Crippen LogP contribution in [-0.4, -0.2) is 29.8 Å². The fourth-order valence-electron chi connectivity index (χ4n) is 2.33. The van der Waals surface area contributed by atoms with Crippen LogP contribution in [0.5, 0.6) is 0 Å². The zero-order valence-electron chi connectivity index (χ0n) is 12.3. The maximum Gasteiger partial charge on any atom is 0.321 e. The van der Waals surface area contributed by atoms with Crippen molar-refractivity contribution in [3.05, 3.63) is 29.8 Å². The van der Waals surface area contributed by atoms with E-state index in [1.54, 1.807) is 29.2 Å². The Kier molecular flexibility index (Phi) is 4.27. The van der Waals surface area contributed by atoms with Crippen molar-refractivity contribution >= 4 is 17.5 Å². The van der Waals surface area contributed by atoms with Crippen LogP contribution in [0.15, 0.2) is 24.3 Å². The van der Waals surface area contributed by atoms with Gasteiger partial charge in [0.15, 0.2) is 5.78 Å². The standard InChI is InChI=1S/C16H19N3O2/c1-12(20)13-4-3-5-14(10-13)18-15(21)19-8-6-16(2,11-17)7-9-19/h3-5,10H,6-9H2,1-2H3,(H,18,21). The van der Waals surface area contributed by atoms with E-state index in [-0.39, 0.29) is 17.2 Å². The number of piperidine rings is 1. The highest BCUT2D eigenvalue weighted by molar-refractivity contribution is 5.96. The molecule has 1 heterocycles. The van der Waals surface area contributed by atoms with Crippen LogP contribution in [0.25, 0.3) is 0 Å². The summed E-state index contributed by atoms with van der Waals surface area (Å²) in [6.45, 7) is 4.57. The third-order valence-corrected chi connectivity index (χ3v) is 3.94. The summed E-state index contributed by atoms with van der Waals surface area (Å²) in [4.78, 5) is 25.2. The molecule has 2 rings (SSSR count). The quantitative estimate of drug-likeness (QED) is 0.849. The predicted octanol–water partition coefficient (Wildman–Crippen LogP) is 3.05. The van der Waals surface area contributed by atoms with Gasteiger partial charge in [-0.2, -0.15) is 5.26 Å². The molecule has 110 valence electrons. The van der Waals surface area contributed by atoms with E-state index in [0.717, 1.165) is 0 Å². The molecular formula is C16H19N3O2. The molecule has 1 saturated heterocycles. The fourth-order valence-corrected chi connectivity index (χ4v) is 2.33. The molecule has 0 aromatic heterocycles. The minimum Gasteiger partial charge on any atom is -0.324 e. The first-order chi connectivity index (χ1) is 9.93. The Morgan fingerprint density at radius 3 is 2.57 bits per heavy atom. The molecule has 0 radical (unpaired) electrons. The number of Topliss-reactive ketones (excluding diaryl/α,β-unsaturated/α-hetero) is 1. The highest BCUT2D eigenvalue weighted by atomic mass is 16.2. The third-order valence-electron chi connectivity index (χ3n) is 3.94. The lowest BCUT2D eigenvalue weighted by Gasteiger charge is -2.34. The number of ketones is 1. The summed E-state index contributed by atoms with van der Waals surface area (Å²) in [6.07, 6.45) is 1.37. The van der Waals surface area contributed by atoms with E-state index in [0.29, 0.717) is 37.2 Å². The normalized spacial score (nSPS) is 16.9. The van der Waals surface area contributed by atoms with E-state index in [1.165, 1.54) is 6.92 Å². The molecule has 0 aliphatic carbocycles. The van der Waals surface area contributed by atoms with Crippen molar-refractivity contribution in [3.8, 4) is 6.07 Å². The number of nitrogens with one attached hydrogen (secondary N) is 1. The average Bonchev–Trinajstić information content (AvgIpc) is 2.48. The fraction of sp³-hybridized carbons (Fsp3) is 0.438. The summed E-state index contributed by atoms with van der Waals surface area (Å²) in [7, 11) is 0. The van der Waals surface area contributed by atoms with Gasteiger partial charge in [-0.15, -0.1) is 0 Å². The van der Waals surface area contributed by atoms with Crippen LogP contribution >= 0.6 is 0 Å². The number of carbonyl (C=O) groups excluding carboxylic acids is 2. The van der Waals surface area contributed by atoms with E-state index in [2.05, 4.69) is 11.4 Å². The van der Waals surface area contributed by atoms with Crippen molar-refractivity contribution in [2.45, 2.75) is 26.7 Å². The molecule has 1 aliphatic heterocycles. The van der Waals surface area contributed by atoms with Crippen LogP contribution in [0.3, 0.4) is 0 Å². The molecular weight excluding hydrogens is 266 g/mol. The van der Waals surface area contributed by atoms with Crippen LogP contribution in [0.4, 0.5) is 10.5 Å². The molecule has 21 heavy (non-hydrogen) atoms. The van der Waals surface area contributed by atoms with Gasteiger partial charge in [-0.05, 0) is 38.8 Å². The molecule has 1 aromatic rings. The largest absolute Gasteiger partial charge is 0.324 e. The molecule has 5 nitrogen and oxygen atoms in total. The second-order valence-electron chi connectivity index (χ2n) is 5.73. The lowest BCUT2D eigenvalue weighted by atomic mass is 9.82. The van der Waals surface area contributed by atoms with Crippen LogP contribution in [-0.2, 0) is 0 Å². The minimum atomic E-state index is -0.328. The van der Waals surface area contributed by atoms with Gasteiger partial charge in [-0.25, -0.2) is 4.79 Å². The lowest BCUT2D eigenvalue weighted by molar-refractivity contribution is 0.101. The lowest BCUT2D eigenvalue weighted by Crippen LogP contribution is -2.43. The van der Waals surface area contributed by atoms with Crippen molar-refractivity contribution in [2.24, 2.45) is 5.41 Å². The average molecular weight is 285 g/mol.